The summed E-state index contributed by atoms with van der Waals surface area (Å²) in [6.45, 7) is 4.81. The number of anilines is 3. The zero-order chi connectivity index (χ0) is 24.4. The molecule has 13 heteroatoms. The van der Waals surface area contributed by atoms with Crippen LogP contribution in [0.25, 0.3) is 0 Å². The number of carbonyl (C=O) groups is 1. The Bertz CT molecular complexity index is 1040. The highest BCUT2D eigenvalue weighted by atomic mass is 35.5. The van der Waals surface area contributed by atoms with E-state index in [2.05, 4.69) is 15.3 Å². The molecule has 0 saturated carbocycles. The number of primary amides is 1. The average Bonchev–Trinajstić information content (AvgIpc) is 2.69. The number of hydrogen-bond acceptors (Lipinski definition) is 10. The van der Waals surface area contributed by atoms with Gasteiger partial charge in [-0.15, -0.1) is 0 Å². The van der Waals surface area contributed by atoms with Crippen molar-refractivity contribution in [1.82, 2.24) is 9.97 Å². The Morgan fingerprint density at radius 1 is 1.36 bits per heavy atom. The van der Waals surface area contributed by atoms with Crippen LogP contribution in [0, 0.1) is 10.1 Å². The van der Waals surface area contributed by atoms with Crippen LogP contribution in [0.1, 0.15) is 20.8 Å². The normalized spacial score (nSPS) is 15.0. The highest BCUT2D eigenvalue weighted by Gasteiger charge is 2.52. The maximum Gasteiger partial charge on any atom is 0.354 e. The van der Waals surface area contributed by atoms with Crippen LogP contribution in [0.4, 0.5) is 23.0 Å². The number of halogens is 1. The van der Waals surface area contributed by atoms with Gasteiger partial charge in [0.1, 0.15) is 6.61 Å². The second-order valence-electron chi connectivity index (χ2n) is 8.16. The SMILES string of the molecule is CCOC1(C(N)=O)CN(c2nc(OCC(C)(C)O)nc(Nc3ccc(Cl)cc3)c2[N+](=O)[O-])C1. The summed E-state index contributed by atoms with van der Waals surface area (Å²) in [5, 5.41) is 25.4. The smallest absolute Gasteiger partial charge is 0.354 e. The van der Waals surface area contributed by atoms with E-state index < -0.39 is 27.7 Å². The largest absolute Gasteiger partial charge is 0.460 e. The van der Waals surface area contributed by atoms with Crippen molar-refractivity contribution in [2.45, 2.75) is 32.0 Å². The highest BCUT2D eigenvalue weighted by Crippen LogP contribution is 2.40. The lowest BCUT2D eigenvalue weighted by atomic mass is 9.92. The van der Waals surface area contributed by atoms with Gasteiger partial charge in [-0.3, -0.25) is 14.9 Å². The van der Waals surface area contributed by atoms with E-state index in [0.717, 1.165) is 0 Å². The minimum absolute atomic E-state index is 0.0284. The molecule has 1 saturated heterocycles. The fourth-order valence-electron chi connectivity index (χ4n) is 3.19. The molecule has 178 valence electrons. The van der Waals surface area contributed by atoms with Crippen LogP contribution in [0.2, 0.25) is 5.02 Å². The Kier molecular flexibility index (Phi) is 6.91. The molecule has 0 atom stereocenters. The molecule has 2 heterocycles. The molecular formula is C20H25ClN6O6. The summed E-state index contributed by atoms with van der Waals surface area (Å²) in [4.78, 5) is 33.1. The number of carbonyl (C=O) groups excluding carboxylic acids is 1. The predicted molar refractivity (Wildman–Crippen MR) is 121 cm³/mol. The third-order valence-corrected chi connectivity index (χ3v) is 5.00. The molecule has 4 N–H and O–H groups in total. The van der Waals surface area contributed by atoms with Crippen LogP contribution in [0.3, 0.4) is 0 Å². The molecule has 1 aliphatic heterocycles. The van der Waals surface area contributed by atoms with Crippen LogP contribution in [-0.2, 0) is 9.53 Å². The second kappa shape index (κ2) is 9.33. The first-order valence-corrected chi connectivity index (χ1v) is 10.4. The predicted octanol–water partition coefficient (Wildman–Crippen LogP) is 2.01. The number of aliphatic hydroxyl groups is 1. The summed E-state index contributed by atoms with van der Waals surface area (Å²) in [6, 6.07) is 6.29. The van der Waals surface area contributed by atoms with Crippen LogP contribution in [0.5, 0.6) is 6.01 Å². The zero-order valence-corrected chi connectivity index (χ0v) is 19.1. The quantitative estimate of drug-likeness (QED) is 0.338. The van der Waals surface area contributed by atoms with Crippen LogP contribution in [-0.4, -0.2) is 63.4 Å². The van der Waals surface area contributed by atoms with Gasteiger partial charge in [-0.2, -0.15) is 9.97 Å². The van der Waals surface area contributed by atoms with Crippen molar-refractivity contribution in [2.24, 2.45) is 5.73 Å². The number of nitrogens with one attached hydrogen (secondary N) is 1. The van der Waals surface area contributed by atoms with Crippen molar-refractivity contribution in [3.63, 3.8) is 0 Å². The molecule has 33 heavy (non-hydrogen) atoms. The summed E-state index contributed by atoms with van der Waals surface area (Å²) >= 11 is 5.92. The highest BCUT2D eigenvalue weighted by molar-refractivity contribution is 6.30. The van der Waals surface area contributed by atoms with Gasteiger partial charge in [-0.05, 0) is 45.0 Å². The van der Waals surface area contributed by atoms with Crippen molar-refractivity contribution >= 4 is 40.5 Å². The fourth-order valence-corrected chi connectivity index (χ4v) is 3.32. The number of ether oxygens (including phenoxy) is 2. The standard InChI is InChI=1S/C20H25ClN6O6/c1-4-33-20(17(22)28)9-26(10-20)16-14(27(30)31)15(23-13-7-5-12(21)6-8-13)24-18(25-16)32-11-19(2,3)29/h5-8,29H,4,9-11H2,1-3H3,(H2,22,28)(H,23,24,25). The minimum Gasteiger partial charge on any atom is -0.460 e. The molecule has 1 amide bonds. The molecule has 1 aromatic carbocycles. The third-order valence-electron chi connectivity index (χ3n) is 4.75. The number of aromatic nitrogens is 2. The molecule has 1 fully saturated rings. The molecule has 2 aromatic rings. The van der Waals surface area contributed by atoms with E-state index >= 15 is 0 Å². The van der Waals surface area contributed by atoms with Gasteiger partial charge in [0.2, 0.25) is 11.6 Å². The monoisotopic (exact) mass is 480 g/mol. The summed E-state index contributed by atoms with van der Waals surface area (Å²) in [6.07, 6.45) is 0. The molecule has 0 spiro atoms. The van der Waals surface area contributed by atoms with Gasteiger partial charge in [0.15, 0.2) is 5.60 Å². The minimum atomic E-state index is -1.27. The van der Waals surface area contributed by atoms with Gasteiger partial charge in [0, 0.05) is 17.3 Å². The first kappa shape index (κ1) is 24.4. The summed E-state index contributed by atoms with van der Waals surface area (Å²) in [7, 11) is 0. The van der Waals surface area contributed by atoms with Gasteiger partial charge in [-0.1, -0.05) is 11.6 Å². The average molecular weight is 481 g/mol. The van der Waals surface area contributed by atoms with E-state index in [1.165, 1.54) is 18.7 Å². The fraction of sp³-hybridized carbons (Fsp3) is 0.450. The van der Waals surface area contributed by atoms with Crippen molar-refractivity contribution in [2.75, 3.05) is 36.5 Å². The second-order valence-corrected chi connectivity index (χ2v) is 8.60. The molecule has 0 radical (unpaired) electrons. The molecule has 3 rings (SSSR count). The molecule has 0 aliphatic carbocycles. The molecule has 0 unspecified atom stereocenters. The Morgan fingerprint density at radius 3 is 2.52 bits per heavy atom. The van der Waals surface area contributed by atoms with Crippen molar-refractivity contribution < 1.29 is 24.3 Å². The zero-order valence-electron chi connectivity index (χ0n) is 18.4. The van der Waals surface area contributed by atoms with E-state index in [9.17, 15) is 20.0 Å². The first-order valence-electron chi connectivity index (χ1n) is 10.1. The lowest BCUT2D eigenvalue weighted by Gasteiger charge is -2.47. The third kappa shape index (κ3) is 5.59. The van der Waals surface area contributed by atoms with Crippen molar-refractivity contribution in [3.8, 4) is 6.01 Å². The number of nitrogens with zero attached hydrogens (tertiary/aromatic N) is 4. The first-order chi connectivity index (χ1) is 15.4. The summed E-state index contributed by atoms with van der Waals surface area (Å²) in [5.41, 5.74) is 3.10. The molecule has 1 aliphatic rings. The van der Waals surface area contributed by atoms with Gasteiger partial charge in [0.05, 0.1) is 23.6 Å². The molecular weight excluding hydrogens is 456 g/mol. The number of nitrogens with two attached hydrogens (primary N) is 1. The van der Waals surface area contributed by atoms with E-state index in [4.69, 9.17) is 26.8 Å². The molecule has 12 nitrogen and oxygen atoms in total. The maximum atomic E-state index is 12.0. The van der Waals surface area contributed by atoms with Crippen molar-refractivity contribution in [1.29, 1.82) is 0 Å². The van der Waals surface area contributed by atoms with Gasteiger partial charge < -0.3 is 30.5 Å². The Balaban J connectivity index is 2.03. The Hall–Kier alpha value is -3.22. The number of hydrogen-bond donors (Lipinski definition) is 3. The van der Waals surface area contributed by atoms with E-state index in [0.29, 0.717) is 10.7 Å². The number of amides is 1. The Morgan fingerprint density at radius 2 is 2.00 bits per heavy atom. The number of nitro groups is 1. The van der Waals surface area contributed by atoms with Gasteiger partial charge >= 0.3 is 11.7 Å². The number of benzene rings is 1. The molecule has 1 aromatic heterocycles. The lowest BCUT2D eigenvalue weighted by molar-refractivity contribution is -0.383. The number of rotatable bonds is 10. The topological polar surface area (TPSA) is 166 Å². The Labute approximate surface area is 194 Å². The van der Waals surface area contributed by atoms with E-state index in [1.807, 2.05) is 0 Å². The van der Waals surface area contributed by atoms with Crippen LogP contribution < -0.4 is 20.7 Å². The van der Waals surface area contributed by atoms with Crippen LogP contribution >= 0.6 is 11.6 Å². The molecule has 0 bridgehead atoms. The van der Waals surface area contributed by atoms with Gasteiger partial charge in [-0.25, -0.2) is 0 Å². The summed E-state index contributed by atoms with van der Waals surface area (Å²) in [5.74, 6) is -0.879. The van der Waals surface area contributed by atoms with Crippen LogP contribution in [0.15, 0.2) is 24.3 Å². The van der Waals surface area contributed by atoms with E-state index in [-0.39, 0.29) is 43.9 Å². The van der Waals surface area contributed by atoms with E-state index in [1.54, 1.807) is 31.2 Å². The van der Waals surface area contributed by atoms with Gasteiger partial charge in [0.25, 0.3) is 5.91 Å². The maximum absolute atomic E-state index is 12.0. The summed E-state index contributed by atoms with van der Waals surface area (Å²) < 4.78 is 11.0. The lowest BCUT2D eigenvalue weighted by Crippen LogP contribution is -2.69. The van der Waals surface area contributed by atoms with Crippen molar-refractivity contribution in [3.05, 3.63) is 39.4 Å².